The first-order chi connectivity index (χ1) is 8.83. The number of hydrogen-bond acceptors (Lipinski definition) is 5. The van der Waals surface area contributed by atoms with Gasteiger partial charge >= 0.3 is 0 Å². The summed E-state index contributed by atoms with van der Waals surface area (Å²) >= 11 is 0. The van der Waals surface area contributed by atoms with Gasteiger partial charge in [-0.25, -0.2) is 17.7 Å². The van der Waals surface area contributed by atoms with Crippen molar-refractivity contribution in [1.82, 2.24) is 9.29 Å². The molecule has 1 saturated carbocycles. The summed E-state index contributed by atoms with van der Waals surface area (Å²) in [6.07, 6.45) is 4.58. The van der Waals surface area contributed by atoms with Crippen molar-refractivity contribution in [3.63, 3.8) is 0 Å². The van der Waals surface area contributed by atoms with E-state index in [2.05, 4.69) is 10.3 Å². The Morgan fingerprint density at radius 1 is 1.42 bits per heavy atom. The van der Waals surface area contributed by atoms with Crippen molar-refractivity contribution >= 4 is 15.8 Å². The SMILES string of the molecule is CN(C)S(=O)(=O)c1ccc(NCC2(N)CCC2)nc1. The standard InChI is InChI=1S/C12H20N4O2S/c1-16(2)19(17,18)10-4-5-11(14-8-10)15-9-12(13)6-3-7-12/h4-5,8H,3,6-7,9,13H2,1-2H3,(H,14,15). The van der Waals surface area contributed by atoms with Gasteiger partial charge in [-0.2, -0.15) is 0 Å². The van der Waals surface area contributed by atoms with Crippen molar-refractivity contribution in [2.45, 2.75) is 29.7 Å². The van der Waals surface area contributed by atoms with Gasteiger partial charge in [0.25, 0.3) is 0 Å². The van der Waals surface area contributed by atoms with Crippen LogP contribution in [0, 0.1) is 0 Å². The number of anilines is 1. The van der Waals surface area contributed by atoms with E-state index in [-0.39, 0.29) is 10.4 Å². The fraction of sp³-hybridized carbons (Fsp3) is 0.583. The summed E-state index contributed by atoms with van der Waals surface area (Å²) in [6, 6.07) is 3.22. The molecule has 1 fully saturated rings. The van der Waals surface area contributed by atoms with Crippen molar-refractivity contribution < 1.29 is 8.42 Å². The van der Waals surface area contributed by atoms with E-state index in [1.807, 2.05) is 0 Å². The number of nitrogens with two attached hydrogens (primary N) is 1. The number of pyridine rings is 1. The lowest BCUT2D eigenvalue weighted by Gasteiger charge is -2.38. The molecule has 0 radical (unpaired) electrons. The Balaban J connectivity index is 2.02. The molecule has 1 aromatic rings. The largest absolute Gasteiger partial charge is 0.368 e. The summed E-state index contributed by atoms with van der Waals surface area (Å²) < 4.78 is 24.9. The lowest BCUT2D eigenvalue weighted by atomic mass is 9.78. The molecule has 0 bridgehead atoms. The monoisotopic (exact) mass is 284 g/mol. The van der Waals surface area contributed by atoms with Crippen molar-refractivity contribution in [3.05, 3.63) is 18.3 Å². The molecule has 0 amide bonds. The number of aromatic nitrogens is 1. The molecule has 1 heterocycles. The predicted octanol–water partition coefficient (Wildman–Crippen LogP) is 0.625. The first kappa shape index (κ1) is 14.2. The maximum atomic E-state index is 11.9. The zero-order valence-electron chi connectivity index (χ0n) is 11.3. The quantitative estimate of drug-likeness (QED) is 0.827. The maximum absolute atomic E-state index is 11.9. The predicted molar refractivity (Wildman–Crippen MR) is 74.4 cm³/mol. The van der Waals surface area contributed by atoms with Crippen LogP contribution in [0.15, 0.2) is 23.2 Å². The maximum Gasteiger partial charge on any atom is 0.244 e. The van der Waals surface area contributed by atoms with Gasteiger partial charge in [-0.05, 0) is 31.4 Å². The molecule has 1 aliphatic carbocycles. The van der Waals surface area contributed by atoms with E-state index in [0.717, 1.165) is 12.8 Å². The summed E-state index contributed by atoms with van der Waals surface area (Å²) in [5.41, 5.74) is 5.97. The van der Waals surface area contributed by atoms with Gasteiger partial charge < -0.3 is 11.1 Å². The molecule has 1 aromatic heterocycles. The van der Waals surface area contributed by atoms with Crippen LogP contribution in [-0.2, 0) is 10.0 Å². The minimum absolute atomic E-state index is 0.129. The Bertz CT molecular complexity index is 535. The number of nitrogens with zero attached hydrogens (tertiary/aromatic N) is 2. The van der Waals surface area contributed by atoms with E-state index in [9.17, 15) is 8.42 Å². The van der Waals surface area contributed by atoms with E-state index in [1.165, 1.54) is 31.0 Å². The molecule has 2 rings (SSSR count). The average molecular weight is 284 g/mol. The molecule has 3 N–H and O–H groups in total. The fourth-order valence-corrected chi connectivity index (χ4v) is 2.77. The van der Waals surface area contributed by atoms with Crippen LogP contribution in [0.2, 0.25) is 0 Å². The van der Waals surface area contributed by atoms with Crippen molar-refractivity contribution in [3.8, 4) is 0 Å². The van der Waals surface area contributed by atoms with Crippen molar-refractivity contribution in [1.29, 1.82) is 0 Å². The minimum Gasteiger partial charge on any atom is -0.368 e. The molecule has 19 heavy (non-hydrogen) atoms. The molecule has 7 heteroatoms. The summed E-state index contributed by atoms with van der Waals surface area (Å²) in [5, 5.41) is 3.15. The minimum atomic E-state index is -3.41. The van der Waals surface area contributed by atoms with Crippen LogP contribution in [0.5, 0.6) is 0 Å². The van der Waals surface area contributed by atoms with Crippen LogP contribution in [-0.4, -0.2) is 43.9 Å². The fourth-order valence-electron chi connectivity index (χ4n) is 1.92. The first-order valence-electron chi connectivity index (χ1n) is 6.25. The molecule has 0 aromatic carbocycles. The second-order valence-electron chi connectivity index (χ2n) is 5.24. The topological polar surface area (TPSA) is 88.3 Å². The molecular weight excluding hydrogens is 264 g/mol. The number of hydrogen-bond donors (Lipinski definition) is 2. The van der Waals surface area contributed by atoms with Crippen LogP contribution in [0.1, 0.15) is 19.3 Å². The highest BCUT2D eigenvalue weighted by atomic mass is 32.2. The molecular formula is C12H20N4O2S. The van der Waals surface area contributed by atoms with Crippen molar-refractivity contribution in [2.24, 2.45) is 5.73 Å². The number of sulfonamides is 1. The number of nitrogens with one attached hydrogen (secondary N) is 1. The zero-order valence-corrected chi connectivity index (χ0v) is 12.1. The van der Waals surface area contributed by atoms with Crippen LogP contribution >= 0.6 is 0 Å². The van der Waals surface area contributed by atoms with Gasteiger partial charge in [0.05, 0.1) is 0 Å². The van der Waals surface area contributed by atoms with Gasteiger partial charge in [-0.15, -0.1) is 0 Å². The Morgan fingerprint density at radius 2 is 2.11 bits per heavy atom. The lowest BCUT2D eigenvalue weighted by Crippen LogP contribution is -2.52. The third kappa shape index (κ3) is 3.05. The summed E-state index contributed by atoms with van der Waals surface area (Å²) in [7, 11) is -0.420. The Hall–Kier alpha value is -1.18. The molecule has 6 nitrogen and oxygen atoms in total. The molecule has 106 valence electrons. The highest BCUT2D eigenvalue weighted by molar-refractivity contribution is 7.89. The zero-order chi connectivity index (χ0) is 14.1. The molecule has 1 aliphatic rings. The summed E-state index contributed by atoms with van der Waals surface area (Å²) in [6.45, 7) is 0.666. The summed E-state index contributed by atoms with van der Waals surface area (Å²) in [5.74, 6) is 0.648. The Kier molecular flexibility index (Phi) is 3.80. The van der Waals surface area contributed by atoms with E-state index in [4.69, 9.17) is 5.73 Å². The van der Waals surface area contributed by atoms with Crippen LogP contribution in [0.3, 0.4) is 0 Å². The third-order valence-corrected chi connectivity index (χ3v) is 5.28. The molecule has 0 saturated heterocycles. The normalized spacial score (nSPS) is 18.1. The van der Waals surface area contributed by atoms with Gasteiger partial charge in [-0.1, -0.05) is 0 Å². The van der Waals surface area contributed by atoms with Gasteiger partial charge in [-0.3, -0.25) is 0 Å². The van der Waals surface area contributed by atoms with Gasteiger partial charge in [0.1, 0.15) is 10.7 Å². The highest BCUT2D eigenvalue weighted by Gasteiger charge is 2.32. The van der Waals surface area contributed by atoms with Gasteiger partial charge in [0.15, 0.2) is 0 Å². The first-order valence-corrected chi connectivity index (χ1v) is 7.69. The average Bonchev–Trinajstić information content (AvgIpc) is 2.34. The van der Waals surface area contributed by atoms with Crippen molar-refractivity contribution in [2.75, 3.05) is 26.0 Å². The van der Waals surface area contributed by atoms with Gasteiger partial charge in [0.2, 0.25) is 10.0 Å². The van der Waals surface area contributed by atoms with Crippen LogP contribution in [0.25, 0.3) is 0 Å². The Labute approximate surface area is 114 Å². The van der Waals surface area contributed by atoms with E-state index < -0.39 is 10.0 Å². The molecule has 0 aliphatic heterocycles. The lowest BCUT2D eigenvalue weighted by molar-refractivity contribution is 0.265. The second kappa shape index (κ2) is 5.07. The summed E-state index contributed by atoms with van der Waals surface area (Å²) in [4.78, 5) is 4.31. The van der Waals surface area contributed by atoms with E-state index >= 15 is 0 Å². The van der Waals surface area contributed by atoms with Crippen LogP contribution in [0.4, 0.5) is 5.82 Å². The van der Waals surface area contributed by atoms with Crippen LogP contribution < -0.4 is 11.1 Å². The second-order valence-corrected chi connectivity index (χ2v) is 7.39. The number of rotatable bonds is 5. The molecule has 0 spiro atoms. The van der Waals surface area contributed by atoms with E-state index in [1.54, 1.807) is 12.1 Å². The Morgan fingerprint density at radius 3 is 2.53 bits per heavy atom. The van der Waals surface area contributed by atoms with Gasteiger partial charge in [0, 0.05) is 32.4 Å². The third-order valence-electron chi connectivity index (χ3n) is 3.49. The molecule has 0 atom stereocenters. The smallest absolute Gasteiger partial charge is 0.244 e. The highest BCUT2D eigenvalue weighted by Crippen LogP contribution is 2.29. The van der Waals surface area contributed by atoms with E-state index in [0.29, 0.717) is 12.4 Å². The molecule has 0 unspecified atom stereocenters.